The number of allylic oxidation sites excluding steroid dienone is 1. The third kappa shape index (κ3) is 12.6. The Bertz CT molecular complexity index is 1030. The maximum absolute atomic E-state index is 12.9. The van der Waals surface area contributed by atoms with E-state index in [1.165, 1.54) is 167 Å². The molecule has 0 aromatic heterocycles. The summed E-state index contributed by atoms with van der Waals surface area (Å²) in [6, 6.07) is 0. The van der Waals surface area contributed by atoms with Crippen LogP contribution in [0.1, 0.15) is 241 Å². The van der Waals surface area contributed by atoms with Crippen LogP contribution in [-0.2, 0) is 9.53 Å². The number of hydrogen-bond donors (Lipinski definition) is 0. The van der Waals surface area contributed by atoms with E-state index in [4.69, 9.17) is 4.74 Å². The number of esters is 1. The molecule has 0 saturated heterocycles. The molecular weight excluding hydrogens is 633 g/mol. The highest BCUT2D eigenvalue weighted by molar-refractivity contribution is 5.69. The minimum Gasteiger partial charge on any atom is -0.462 e. The predicted octanol–water partition coefficient (Wildman–Crippen LogP) is 16.0. The van der Waals surface area contributed by atoms with E-state index in [2.05, 4.69) is 54.5 Å². The van der Waals surface area contributed by atoms with Crippen LogP contribution < -0.4 is 0 Å². The van der Waals surface area contributed by atoms with Gasteiger partial charge in [-0.2, -0.15) is 0 Å². The summed E-state index contributed by atoms with van der Waals surface area (Å²) in [4.78, 5) is 12.9. The van der Waals surface area contributed by atoms with Gasteiger partial charge in [0.05, 0.1) is 0 Å². The van der Waals surface area contributed by atoms with Crippen molar-refractivity contribution in [1.82, 2.24) is 0 Å². The molecule has 4 aliphatic rings. The Balaban J connectivity index is 1.04. The van der Waals surface area contributed by atoms with Crippen molar-refractivity contribution in [2.24, 2.45) is 52.3 Å². The van der Waals surface area contributed by atoms with E-state index in [0.717, 1.165) is 60.7 Å². The molecule has 0 heterocycles. The monoisotopic (exact) mass is 723 g/mol. The van der Waals surface area contributed by atoms with E-state index in [1.807, 2.05) is 0 Å². The minimum absolute atomic E-state index is 0.0669. The van der Waals surface area contributed by atoms with Gasteiger partial charge in [0, 0.05) is 12.8 Å². The largest absolute Gasteiger partial charge is 0.462 e. The number of fused-ring (bicyclic) bond motifs is 5. The standard InChI is InChI=1S/C50H90O2/c1-8-9-10-11-12-13-14-15-16-17-18-19-20-21-22-23-24-25-26-27-48(51)52-43-34-36-49(6)42(38-43)30-31-44-46-33-32-45(50(46,7)37-35-47(44)49)41(5)29-28-40(4)39(2)3/h30,39-41,43-47H,8-29,31-38H2,1-7H3/t40-,41-,43+,44+,45-,46+,47+,49+,50-/m1/s1. The van der Waals surface area contributed by atoms with Gasteiger partial charge in [0.25, 0.3) is 0 Å². The third-order valence-corrected chi connectivity index (χ3v) is 16.3. The topological polar surface area (TPSA) is 26.3 Å². The van der Waals surface area contributed by atoms with Crippen LogP contribution in [0, 0.1) is 52.3 Å². The number of ether oxygens (including phenoxy) is 1. The molecule has 3 fully saturated rings. The zero-order valence-corrected chi connectivity index (χ0v) is 36.2. The molecule has 0 spiro atoms. The molecule has 2 heteroatoms. The Morgan fingerprint density at radius 2 is 1.25 bits per heavy atom. The van der Waals surface area contributed by atoms with E-state index in [-0.39, 0.29) is 12.1 Å². The van der Waals surface area contributed by atoms with Crippen LogP contribution in [-0.4, -0.2) is 12.1 Å². The summed E-state index contributed by atoms with van der Waals surface area (Å²) in [6.45, 7) is 17.5. The smallest absolute Gasteiger partial charge is 0.306 e. The lowest BCUT2D eigenvalue weighted by molar-refractivity contribution is -0.151. The third-order valence-electron chi connectivity index (χ3n) is 16.3. The fourth-order valence-corrected chi connectivity index (χ4v) is 12.4. The van der Waals surface area contributed by atoms with Crippen molar-refractivity contribution < 1.29 is 9.53 Å². The van der Waals surface area contributed by atoms with Crippen LogP contribution in [0.4, 0.5) is 0 Å². The normalized spacial score (nSPS) is 31.1. The van der Waals surface area contributed by atoms with Crippen molar-refractivity contribution in [3.8, 4) is 0 Å². The Labute approximate surface area is 325 Å². The second-order valence-corrected chi connectivity index (χ2v) is 20.2. The van der Waals surface area contributed by atoms with E-state index in [1.54, 1.807) is 5.57 Å². The molecule has 52 heavy (non-hydrogen) atoms. The second kappa shape index (κ2) is 22.7. The van der Waals surface area contributed by atoms with Crippen molar-refractivity contribution in [3.63, 3.8) is 0 Å². The highest BCUT2D eigenvalue weighted by Crippen LogP contribution is 2.67. The molecule has 0 aliphatic heterocycles. The van der Waals surface area contributed by atoms with Crippen LogP contribution in [0.5, 0.6) is 0 Å². The van der Waals surface area contributed by atoms with E-state index < -0.39 is 0 Å². The lowest BCUT2D eigenvalue weighted by Gasteiger charge is -2.58. The maximum atomic E-state index is 12.9. The molecule has 4 aliphatic carbocycles. The fourth-order valence-electron chi connectivity index (χ4n) is 12.4. The van der Waals surface area contributed by atoms with Crippen LogP contribution in [0.2, 0.25) is 0 Å². The van der Waals surface area contributed by atoms with Gasteiger partial charge in [-0.3, -0.25) is 4.79 Å². The molecule has 0 N–H and O–H groups in total. The molecular formula is C50H90O2. The Kier molecular flexibility index (Phi) is 19.2. The van der Waals surface area contributed by atoms with Crippen molar-refractivity contribution in [2.75, 3.05) is 0 Å². The number of carbonyl (C=O) groups excluding carboxylic acids is 1. The maximum Gasteiger partial charge on any atom is 0.306 e. The first-order valence-electron chi connectivity index (χ1n) is 24.0. The molecule has 0 amide bonds. The number of carbonyl (C=O) groups is 1. The van der Waals surface area contributed by atoms with Gasteiger partial charge >= 0.3 is 5.97 Å². The minimum atomic E-state index is 0.0669. The van der Waals surface area contributed by atoms with Crippen LogP contribution in [0.3, 0.4) is 0 Å². The Morgan fingerprint density at radius 3 is 1.81 bits per heavy atom. The van der Waals surface area contributed by atoms with Gasteiger partial charge in [-0.25, -0.2) is 0 Å². The van der Waals surface area contributed by atoms with Crippen molar-refractivity contribution >= 4 is 5.97 Å². The molecule has 3 saturated carbocycles. The first-order chi connectivity index (χ1) is 25.1. The predicted molar refractivity (Wildman–Crippen MR) is 225 cm³/mol. The van der Waals surface area contributed by atoms with E-state index in [9.17, 15) is 4.79 Å². The molecule has 0 unspecified atom stereocenters. The summed E-state index contributed by atoms with van der Waals surface area (Å²) < 4.78 is 6.16. The average Bonchev–Trinajstić information content (AvgIpc) is 3.48. The zero-order chi connectivity index (χ0) is 37.4. The van der Waals surface area contributed by atoms with Gasteiger partial charge in [-0.1, -0.05) is 189 Å². The molecule has 4 rings (SSSR count). The molecule has 302 valence electrons. The SMILES string of the molecule is CCCCCCCCCCCCCCCCCCCCCC(=O)O[C@H]1CC[C@@]2(C)C(=CC[C@H]3[C@@H]4CC[C@H]([C@H](C)CC[C@@H](C)C(C)C)[C@@]4(C)CC[C@@H]32)C1. The van der Waals surface area contributed by atoms with Crippen LogP contribution in [0.15, 0.2) is 11.6 Å². The van der Waals surface area contributed by atoms with E-state index >= 15 is 0 Å². The summed E-state index contributed by atoms with van der Waals surface area (Å²) in [5, 5.41) is 0. The summed E-state index contributed by atoms with van der Waals surface area (Å²) in [5.74, 6) is 6.11. The van der Waals surface area contributed by atoms with Gasteiger partial charge < -0.3 is 4.74 Å². The van der Waals surface area contributed by atoms with Crippen molar-refractivity contribution in [2.45, 2.75) is 247 Å². The average molecular weight is 723 g/mol. The van der Waals surface area contributed by atoms with Crippen LogP contribution >= 0.6 is 0 Å². The quantitative estimate of drug-likeness (QED) is 0.0505. The zero-order valence-electron chi connectivity index (χ0n) is 36.2. The van der Waals surface area contributed by atoms with Gasteiger partial charge in [-0.05, 0) is 104 Å². The molecule has 0 radical (unpaired) electrons. The first kappa shape index (κ1) is 43.9. The Morgan fingerprint density at radius 1 is 0.692 bits per heavy atom. The molecule has 0 bridgehead atoms. The number of unbranched alkanes of at least 4 members (excludes halogenated alkanes) is 18. The fraction of sp³-hybridized carbons (Fsp3) is 0.940. The summed E-state index contributed by atoms with van der Waals surface area (Å²) >= 11 is 0. The molecule has 0 aromatic rings. The van der Waals surface area contributed by atoms with E-state index in [0.29, 0.717) is 17.3 Å². The lowest BCUT2D eigenvalue weighted by atomic mass is 9.47. The first-order valence-corrected chi connectivity index (χ1v) is 24.0. The van der Waals surface area contributed by atoms with Gasteiger partial charge in [0.1, 0.15) is 6.10 Å². The Hall–Kier alpha value is -0.790. The second-order valence-electron chi connectivity index (χ2n) is 20.2. The lowest BCUT2D eigenvalue weighted by Crippen LogP contribution is -2.51. The highest BCUT2D eigenvalue weighted by Gasteiger charge is 2.59. The van der Waals surface area contributed by atoms with Gasteiger partial charge in [0.2, 0.25) is 0 Å². The molecule has 9 atom stereocenters. The molecule has 0 aromatic carbocycles. The van der Waals surface area contributed by atoms with Crippen molar-refractivity contribution in [1.29, 1.82) is 0 Å². The van der Waals surface area contributed by atoms with Crippen molar-refractivity contribution in [3.05, 3.63) is 11.6 Å². The summed E-state index contributed by atoms with van der Waals surface area (Å²) in [7, 11) is 0. The van der Waals surface area contributed by atoms with Crippen LogP contribution in [0.25, 0.3) is 0 Å². The number of hydrogen-bond acceptors (Lipinski definition) is 2. The number of rotatable bonds is 26. The molecule has 2 nitrogen and oxygen atoms in total. The van der Waals surface area contributed by atoms with Gasteiger partial charge in [0.15, 0.2) is 0 Å². The highest BCUT2D eigenvalue weighted by atomic mass is 16.5. The summed E-state index contributed by atoms with van der Waals surface area (Å²) in [5.41, 5.74) is 2.52. The summed E-state index contributed by atoms with van der Waals surface area (Å²) in [6.07, 6.45) is 42.8. The van der Waals surface area contributed by atoms with Gasteiger partial charge in [-0.15, -0.1) is 0 Å².